The number of hydrogen-bond acceptors (Lipinski definition) is 5. The second-order valence-corrected chi connectivity index (χ2v) is 7.73. The maximum absolute atomic E-state index is 12.9. The number of hydrogen-bond donors (Lipinski definition) is 2. The molecule has 2 N–H and O–H groups in total. The van der Waals surface area contributed by atoms with E-state index in [1.807, 2.05) is 48.5 Å². The van der Waals surface area contributed by atoms with Gasteiger partial charge in [-0.15, -0.1) is 0 Å². The number of alkyl carbamates (subject to hydrolysis) is 1. The predicted molar refractivity (Wildman–Crippen MR) is 122 cm³/mol. The fourth-order valence-corrected chi connectivity index (χ4v) is 4.07. The number of aromatic nitrogens is 1. The number of anilines is 1. The summed E-state index contributed by atoms with van der Waals surface area (Å²) in [6.45, 7) is 0.0618. The molecule has 1 aliphatic rings. The number of fused-ring (bicyclic) bond motifs is 3. The van der Waals surface area contributed by atoms with Crippen LogP contribution in [0.3, 0.4) is 0 Å². The number of likely N-dealkylation sites (N-methyl/N-ethyl adjacent to an activating group) is 1. The van der Waals surface area contributed by atoms with Gasteiger partial charge in [0.1, 0.15) is 12.6 Å². The van der Waals surface area contributed by atoms with Crippen molar-refractivity contribution < 1.29 is 24.2 Å². The molecule has 1 aliphatic carbocycles. The van der Waals surface area contributed by atoms with Gasteiger partial charge in [0.15, 0.2) is 0 Å². The monoisotopic (exact) mass is 445 g/mol. The van der Waals surface area contributed by atoms with Crippen molar-refractivity contribution in [2.45, 2.75) is 18.4 Å². The first-order valence-electron chi connectivity index (χ1n) is 10.5. The fourth-order valence-electron chi connectivity index (χ4n) is 4.07. The number of amides is 2. The summed E-state index contributed by atoms with van der Waals surface area (Å²) in [5.74, 6) is -1.94. The summed E-state index contributed by atoms with van der Waals surface area (Å²) in [7, 11) is 1.49. The van der Waals surface area contributed by atoms with Gasteiger partial charge in [-0.1, -0.05) is 48.5 Å². The van der Waals surface area contributed by atoms with Crippen molar-refractivity contribution in [2.75, 3.05) is 18.6 Å². The number of benzene rings is 2. The Morgan fingerprint density at radius 1 is 1.03 bits per heavy atom. The van der Waals surface area contributed by atoms with Gasteiger partial charge in [-0.25, -0.2) is 4.79 Å². The van der Waals surface area contributed by atoms with Crippen LogP contribution < -0.4 is 10.2 Å². The average molecular weight is 445 g/mol. The van der Waals surface area contributed by atoms with Crippen molar-refractivity contribution in [3.63, 3.8) is 0 Å². The Bertz CT molecular complexity index is 1140. The van der Waals surface area contributed by atoms with E-state index in [2.05, 4.69) is 10.3 Å². The third-order valence-electron chi connectivity index (χ3n) is 5.68. The maximum Gasteiger partial charge on any atom is 0.407 e. The summed E-state index contributed by atoms with van der Waals surface area (Å²) < 4.78 is 5.46. The molecule has 2 amide bonds. The Morgan fingerprint density at radius 2 is 1.67 bits per heavy atom. The van der Waals surface area contributed by atoms with Gasteiger partial charge in [-0.05, 0) is 34.4 Å². The second-order valence-electron chi connectivity index (χ2n) is 7.73. The molecule has 168 valence electrons. The van der Waals surface area contributed by atoms with Gasteiger partial charge >= 0.3 is 12.1 Å². The Kier molecular flexibility index (Phi) is 6.35. The van der Waals surface area contributed by atoms with Gasteiger partial charge < -0.3 is 20.1 Å². The van der Waals surface area contributed by atoms with Gasteiger partial charge in [0.05, 0.1) is 18.3 Å². The van der Waals surface area contributed by atoms with Gasteiger partial charge in [0.25, 0.3) is 0 Å². The average Bonchev–Trinajstić information content (AvgIpc) is 3.15. The van der Waals surface area contributed by atoms with E-state index in [0.29, 0.717) is 5.69 Å². The predicted octanol–water partition coefficient (Wildman–Crippen LogP) is 3.43. The smallest absolute Gasteiger partial charge is 0.407 e. The fraction of sp³-hybridized carbons (Fsp3) is 0.200. The largest absolute Gasteiger partial charge is 0.481 e. The van der Waals surface area contributed by atoms with Crippen LogP contribution in [0.25, 0.3) is 11.1 Å². The molecule has 8 heteroatoms. The van der Waals surface area contributed by atoms with Gasteiger partial charge in [-0.3, -0.25) is 14.6 Å². The van der Waals surface area contributed by atoms with Crippen molar-refractivity contribution in [1.29, 1.82) is 0 Å². The Morgan fingerprint density at radius 3 is 2.24 bits per heavy atom. The van der Waals surface area contributed by atoms with Crippen molar-refractivity contribution >= 4 is 23.7 Å². The first kappa shape index (κ1) is 22.0. The number of carboxylic acids is 1. The number of rotatable bonds is 7. The highest BCUT2D eigenvalue weighted by atomic mass is 16.5. The molecule has 1 unspecified atom stereocenters. The molecule has 0 radical (unpaired) electrons. The summed E-state index contributed by atoms with van der Waals surface area (Å²) in [4.78, 5) is 42.0. The Hall–Kier alpha value is -4.20. The number of pyridine rings is 1. The molecule has 0 spiro atoms. The zero-order chi connectivity index (χ0) is 23.4. The summed E-state index contributed by atoms with van der Waals surface area (Å²) in [5, 5.41) is 11.7. The standard InChI is InChI=1S/C25H23N3O5/c1-28(16-7-6-12-26-14-16)24(31)22(13-23(29)30)27-25(32)33-15-21-19-10-4-2-8-17(19)18-9-3-5-11-20(18)21/h2-12,14,21-22H,13,15H2,1H3,(H,27,32)(H,29,30). The summed E-state index contributed by atoms with van der Waals surface area (Å²) >= 11 is 0. The van der Waals surface area contributed by atoms with Crippen molar-refractivity contribution in [3.05, 3.63) is 84.2 Å². The molecule has 0 saturated carbocycles. The lowest BCUT2D eigenvalue weighted by Crippen LogP contribution is -2.49. The van der Waals surface area contributed by atoms with E-state index >= 15 is 0 Å². The molecule has 0 bridgehead atoms. The minimum absolute atomic E-state index is 0.0618. The number of nitrogens with one attached hydrogen (secondary N) is 1. The number of carbonyl (C=O) groups excluding carboxylic acids is 2. The molecular weight excluding hydrogens is 422 g/mol. The third kappa shape index (κ3) is 4.69. The molecule has 0 fully saturated rings. The Balaban J connectivity index is 1.45. The summed E-state index contributed by atoms with van der Waals surface area (Å²) in [6, 6.07) is 17.9. The number of ether oxygens (including phenoxy) is 1. The van der Waals surface area contributed by atoms with Crippen LogP contribution in [-0.2, 0) is 14.3 Å². The zero-order valence-electron chi connectivity index (χ0n) is 18.0. The normalized spacial score (nSPS) is 12.9. The van der Waals surface area contributed by atoms with E-state index in [0.717, 1.165) is 22.3 Å². The quantitative estimate of drug-likeness (QED) is 0.577. The minimum Gasteiger partial charge on any atom is -0.481 e. The first-order valence-corrected chi connectivity index (χ1v) is 10.5. The van der Waals surface area contributed by atoms with Crippen LogP contribution in [0.5, 0.6) is 0 Å². The topological polar surface area (TPSA) is 109 Å². The van der Waals surface area contributed by atoms with Gasteiger partial charge in [0, 0.05) is 19.2 Å². The molecule has 0 aliphatic heterocycles. The number of carbonyl (C=O) groups is 3. The molecule has 8 nitrogen and oxygen atoms in total. The van der Waals surface area contributed by atoms with E-state index in [1.54, 1.807) is 18.3 Å². The number of aliphatic carboxylic acids is 1. The van der Waals surface area contributed by atoms with Crippen molar-refractivity contribution in [1.82, 2.24) is 10.3 Å². The lowest BCUT2D eigenvalue weighted by molar-refractivity contribution is -0.139. The zero-order valence-corrected chi connectivity index (χ0v) is 18.0. The van der Waals surface area contributed by atoms with Crippen LogP contribution in [0.1, 0.15) is 23.5 Å². The molecule has 3 aromatic rings. The number of nitrogens with zero attached hydrogens (tertiary/aromatic N) is 2. The molecule has 1 aromatic heterocycles. The summed E-state index contributed by atoms with van der Waals surface area (Å²) in [6.07, 6.45) is 1.61. The molecule has 1 heterocycles. The second kappa shape index (κ2) is 9.52. The highest BCUT2D eigenvalue weighted by Gasteiger charge is 2.31. The molecule has 1 atom stereocenters. The minimum atomic E-state index is -1.29. The van der Waals surface area contributed by atoms with E-state index in [4.69, 9.17) is 4.74 Å². The van der Waals surface area contributed by atoms with Crippen LogP contribution in [0.4, 0.5) is 10.5 Å². The van der Waals surface area contributed by atoms with E-state index < -0.39 is 30.4 Å². The SMILES string of the molecule is CN(C(=O)C(CC(=O)O)NC(=O)OCC1c2ccccc2-c2ccccc21)c1cccnc1. The molecule has 33 heavy (non-hydrogen) atoms. The third-order valence-corrected chi connectivity index (χ3v) is 5.68. The molecule has 4 rings (SSSR count). The van der Waals surface area contributed by atoms with Crippen LogP contribution in [-0.4, -0.2) is 47.8 Å². The van der Waals surface area contributed by atoms with E-state index in [9.17, 15) is 19.5 Å². The molecule has 0 saturated heterocycles. The van der Waals surface area contributed by atoms with E-state index in [-0.39, 0.29) is 12.5 Å². The van der Waals surface area contributed by atoms with Gasteiger partial charge in [0.2, 0.25) is 5.91 Å². The highest BCUT2D eigenvalue weighted by Crippen LogP contribution is 2.44. The van der Waals surface area contributed by atoms with E-state index in [1.165, 1.54) is 18.1 Å². The van der Waals surface area contributed by atoms with Crippen LogP contribution in [0, 0.1) is 0 Å². The lowest BCUT2D eigenvalue weighted by atomic mass is 9.98. The Labute approximate surface area is 190 Å². The van der Waals surface area contributed by atoms with Crippen molar-refractivity contribution in [3.8, 4) is 11.1 Å². The highest BCUT2D eigenvalue weighted by molar-refractivity contribution is 5.99. The lowest BCUT2D eigenvalue weighted by Gasteiger charge is -2.23. The molecule has 2 aromatic carbocycles. The van der Waals surface area contributed by atoms with Crippen molar-refractivity contribution in [2.24, 2.45) is 0 Å². The van der Waals surface area contributed by atoms with Crippen LogP contribution in [0.2, 0.25) is 0 Å². The first-order chi connectivity index (χ1) is 16.0. The molecular formula is C25H23N3O5. The summed E-state index contributed by atoms with van der Waals surface area (Å²) in [5.41, 5.74) is 4.78. The number of carboxylic acid groups (broad SMARTS) is 1. The van der Waals surface area contributed by atoms with Crippen LogP contribution >= 0.6 is 0 Å². The van der Waals surface area contributed by atoms with Gasteiger partial charge in [-0.2, -0.15) is 0 Å². The maximum atomic E-state index is 12.9. The van der Waals surface area contributed by atoms with Crippen LogP contribution in [0.15, 0.2) is 73.1 Å².